The predicted octanol–water partition coefficient (Wildman–Crippen LogP) is 2.99. The third kappa shape index (κ3) is 2.34. The molecule has 0 aliphatic rings. The number of pyridine rings is 2. The molecule has 3 aromatic rings. The predicted molar refractivity (Wildman–Crippen MR) is 65.3 cm³/mol. The molecule has 7 heteroatoms. The van der Waals surface area contributed by atoms with E-state index in [0.29, 0.717) is 17.2 Å². The van der Waals surface area contributed by atoms with Crippen molar-refractivity contribution < 1.29 is 13.5 Å². The molecule has 96 valence electrons. The molecule has 0 aromatic carbocycles. The molecule has 19 heavy (non-hydrogen) atoms. The van der Waals surface area contributed by atoms with Crippen LogP contribution < -0.4 is 4.74 Å². The summed E-state index contributed by atoms with van der Waals surface area (Å²) >= 11 is 5.83. The summed E-state index contributed by atoms with van der Waals surface area (Å²) in [5, 5.41) is 0.403. The van der Waals surface area contributed by atoms with Gasteiger partial charge in [-0.1, -0.05) is 11.6 Å². The molecule has 5 nitrogen and oxygen atoms in total. The molecule has 0 fully saturated rings. The number of aromatic nitrogens is 3. The van der Waals surface area contributed by atoms with Gasteiger partial charge in [-0.25, -0.2) is 19.3 Å². The van der Waals surface area contributed by atoms with Crippen LogP contribution in [0.3, 0.4) is 0 Å². The Morgan fingerprint density at radius 3 is 2.95 bits per heavy atom. The Hall–Kier alpha value is -2.21. The van der Waals surface area contributed by atoms with Crippen molar-refractivity contribution in [2.45, 2.75) is 6.61 Å². The van der Waals surface area contributed by atoms with Crippen molar-refractivity contribution in [2.75, 3.05) is 0 Å². The first kappa shape index (κ1) is 11.9. The lowest BCUT2D eigenvalue weighted by atomic mass is 10.2. The summed E-state index contributed by atoms with van der Waals surface area (Å²) in [4.78, 5) is 11.6. The molecule has 3 aromatic heterocycles. The van der Waals surface area contributed by atoms with E-state index >= 15 is 0 Å². The molecule has 0 spiro atoms. The molecule has 3 rings (SSSR count). The average molecular weight is 280 g/mol. The minimum Gasteiger partial charge on any atom is -0.482 e. The van der Waals surface area contributed by atoms with Crippen molar-refractivity contribution in [1.82, 2.24) is 15.0 Å². The molecular formula is C12H7ClFN3O2. The lowest BCUT2D eigenvalue weighted by molar-refractivity contribution is 0.262. The summed E-state index contributed by atoms with van der Waals surface area (Å²) in [6.07, 6.45) is 5.45. The maximum absolute atomic E-state index is 13.6. The molecule has 0 bridgehead atoms. The van der Waals surface area contributed by atoms with Gasteiger partial charge in [-0.05, 0) is 6.07 Å². The second-order valence-electron chi connectivity index (χ2n) is 3.68. The minimum absolute atomic E-state index is 0.140. The molecule has 0 radical (unpaired) electrons. The first-order chi connectivity index (χ1) is 9.24. The van der Waals surface area contributed by atoms with E-state index in [0.717, 1.165) is 6.20 Å². The van der Waals surface area contributed by atoms with Gasteiger partial charge in [0, 0.05) is 5.39 Å². The molecule has 0 aliphatic carbocycles. The molecular weight excluding hydrogens is 273 g/mol. The van der Waals surface area contributed by atoms with Gasteiger partial charge in [-0.15, -0.1) is 0 Å². The number of hydrogen-bond acceptors (Lipinski definition) is 5. The van der Waals surface area contributed by atoms with Crippen LogP contribution in [0.2, 0.25) is 5.15 Å². The molecule has 0 N–H and O–H groups in total. The molecule has 0 saturated heterocycles. The van der Waals surface area contributed by atoms with Crippen LogP contribution in [0.1, 0.15) is 5.89 Å². The Labute approximate surface area is 112 Å². The Kier molecular flexibility index (Phi) is 3.00. The quantitative estimate of drug-likeness (QED) is 0.690. The second kappa shape index (κ2) is 4.81. The summed E-state index contributed by atoms with van der Waals surface area (Å²) in [5.74, 6) is 0.314. The van der Waals surface area contributed by atoms with E-state index in [-0.39, 0.29) is 17.1 Å². The van der Waals surface area contributed by atoms with Gasteiger partial charge in [-0.2, -0.15) is 0 Å². The first-order valence-electron chi connectivity index (χ1n) is 5.35. The fourth-order valence-electron chi connectivity index (χ4n) is 1.58. The number of oxazole rings is 1. The molecule has 0 atom stereocenters. The largest absolute Gasteiger partial charge is 0.482 e. The zero-order valence-corrected chi connectivity index (χ0v) is 10.3. The summed E-state index contributed by atoms with van der Waals surface area (Å²) in [5.41, 5.74) is 0.296. The monoisotopic (exact) mass is 279 g/mol. The number of fused-ring (bicyclic) bond motifs is 1. The highest BCUT2D eigenvalue weighted by Gasteiger charge is 2.09. The number of halogens is 2. The van der Waals surface area contributed by atoms with E-state index in [1.807, 2.05) is 0 Å². The van der Waals surface area contributed by atoms with E-state index in [1.54, 1.807) is 0 Å². The van der Waals surface area contributed by atoms with Gasteiger partial charge < -0.3 is 9.15 Å². The van der Waals surface area contributed by atoms with Gasteiger partial charge in [0.1, 0.15) is 17.5 Å². The average Bonchev–Trinajstić information content (AvgIpc) is 2.94. The van der Waals surface area contributed by atoms with E-state index in [1.165, 1.54) is 24.7 Å². The fraction of sp³-hybridized carbons (Fsp3) is 0.0833. The Balaban J connectivity index is 1.91. The SMILES string of the molecule is Fc1cnc(Cl)c2ncc(OCc3ncco3)cc12. The van der Waals surface area contributed by atoms with Gasteiger partial charge in [0.05, 0.1) is 18.6 Å². The standard InChI is InChI=1S/C12H7ClFN3O2/c13-12-11-8(9(14)5-17-12)3-7(4-16-11)19-6-10-15-1-2-18-10/h1-5H,6H2. The van der Waals surface area contributed by atoms with E-state index in [2.05, 4.69) is 15.0 Å². The van der Waals surface area contributed by atoms with Crippen molar-refractivity contribution in [1.29, 1.82) is 0 Å². The third-order valence-electron chi connectivity index (χ3n) is 2.45. The van der Waals surface area contributed by atoms with E-state index < -0.39 is 5.82 Å². The molecule has 0 aliphatic heterocycles. The van der Waals surface area contributed by atoms with Crippen molar-refractivity contribution >= 4 is 22.5 Å². The Morgan fingerprint density at radius 2 is 2.16 bits per heavy atom. The summed E-state index contributed by atoms with van der Waals surface area (Å²) < 4.78 is 24.0. The van der Waals surface area contributed by atoms with Crippen LogP contribution >= 0.6 is 11.6 Å². The zero-order valence-electron chi connectivity index (χ0n) is 9.51. The van der Waals surface area contributed by atoms with Crippen LogP contribution in [0, 0.1) is 5.82 Å². The first-order valence-corrected chi connectivity index (χ1v) is 5.73. The third-order valence-corrected chi connectivity index (χ3v) is 2.73. The van der Waals surface area contributed by atoms with Crippen LogP contribution in [-0.4, -0.2) is 15.0 Å². The zero-order chi connectivity index (χ0) is 13.2. The number of ether oxygens (including phenoxy) is 1. The van der Waals surface area contributed by atoms with E-state index in [4.69, 9.17) is 20.8 Å². The van der Waals surface area contributed by atoms with Crippen molar-refractivity contribution in [3.8, 4) is 5.75 Å². The van der Waals surface area contributed by atoms with E-state index in [9.17, 15) is 4.39 Å². The lowest BCUT2D eigenvalue weighted by Gasteiger charge is -2.05. The summed E-state index contributed by atoms with van der Waals surface area (Å²) in [6.45, 7) is 0.140. The molecule has 0 amide bonds. The topological polar surface area (TPSA) is 61.0 Å². The molecule has 0 saturated carbocycles. The highest BCUT2D eigenvalue weighted by molar-refractivity contribution is 6.33. The Bertz CT molecular complexity index is 718. The van der Waals surface area contributed by atoms with Crippen molar-refractivity contribution in [2.24, 2.45) is 0 Å². The smallest absolute Gasteiger partial charge is 0.232 e. The van der Waals surface area contributed by atoms with Gasteiger partial charge >= 0.3 is 0 Å². The van der Waals surface area contributed by atoms with Gasteiger partial charge in [0.25, 0.3) is 0 Å². The summed E-state index contributed by atoms with van der Waals surface area (Å²) in [6, 6.07) is 1.51. The van der Waals surface area contributed by atoms with Gasteiger partial charge in [0.15, 0.2) is 17.6 Å². The Morgan fingerprint density at radius 1 is 1.26 bits per heavy atom. The van der Waals surface area contributed by atoms with Crippen LogP contribution in [-0.2, 0) is 6.61 Å². The van der Waals surface area contributed by atoms with Crippen LogP contribution in [0.5, 0.6) is 5.75 Å². The van der Waals surface area contributed by atoms with Crippen LogP contribution in [0.4, 0.5) is 4.39 Å². The van der Waals surface area contributed by atoms with Gasteiger partial charge in [-0.3, -0.25) is 0 Å². The van der Waals surface area contributed by atoms with Gasteiger partial charge in [0.2, 0.25) is 5.89 Å². The van der Waals surface area contributed by atoms with Crippen LogP contribution in [0.25, 0.3) is 10.9 Å². The normalized spacial score (nSPS) is 10.8. The number of hydrogen-bond donors (Lipinski definition) is 0. The molecule has 0 unspecified atom stereocenters. The maximum Gasteiger partial charge on any atom is 0.232 e. The highest BCUT2D eigenvalue weighted by atomic mass is 35.5. The van der Waals surface area contributed by atoms with Crippen LogP contribution in [0.15, 0.2) is 35.3 Å². The van der Waals surface area contributed by atoms with Crippen molar-refractivity contribution in [3.05, 3.63) is 47.8 Å². The second-order valence-corrected chi connectivity index (χ2v) is 4.04. The maximum atomic E-state index is 13.6. The molecule has 3 heterocycles. The fourth-order valence-corrected chi connectivity index (χ4v) is 1.78. The lowest BCUT2D eigenvalue weighted by Crippen LogP contribution is -1.97. The minimum atomic E-state index is -0.506. The van der Waals surface area contributed by atoms with Crippen molar-refractivity contribution in [3.63, 3.8) is 0 Å². The number of rotatable bonds is 3. The number of nitrogens with zero attached hydrogens (tertiary/aromatic N) is 3. The summed E-state index contributed by atoms with van der Waals surface area (Å²) in [7, 11) is 0. The highest BCUT2D eigenvalue weighted by Crippen LogP contribution is 2.25.